The summed E-state index contributed by atoms with van der Waals surface area (Å²) in [5.41, 5.74) is 9.91. The average Bonchev–Trinajstić information content (AvgIpc) is 2.42. The standard InChI is InChI=1S/C15H16N2O2S/c1-11-4-2-3-5-12(11)9-20-10-13-8-14(17(18)19)6-7-15(13)16/h2-8H,9-10,16H2,1H3. The van der Waals surface area contributed by atoms with Crippen LogP contribution < -0.4 is 5.73 Å². The van der Waals surface area contributed by atoms with E-state index >= 15 is 0 Å². The average molecular weight is 288 g/mol. The molecule has 20 heavy (non-hydrogen) atoms. The number of non-ortho nitro benzene ring substituents is 1. The molecular weight excluding hydrogens is 272 g/mol. The van der Waals surface area contributed by atoms with Gasteiger partial charge in [0.1, 0.15) is 0 Å². The van der Waals surface area contributed by atoms with Crippen LogP contribution in [0.25, 0.3) is 0 Å². The fourth-order valence-corrected chi connectivity index (χ4v) is 2.99. The molecule has 2 aromatic carbocycles. The van der Waals surface area contributed by atoms with Crippen molar-refractivity contribution in [2.75, 3.05) is 5.73 Å². The lowest BCUT2D eigenvalue weighted by molar-refractivity contribution is -0.384. The summed E-state index contributed by atoms with van der Waals surface area (Å²) in [6.07, 6.45) is 0. The van der Waals surface area contributed by atoms with E-state index < -0.39 is 4.92 Å². The van der Waals surface area contributed by atoms with E-state index in [1.165, 1.54) is 17.2 Å². The number of nitrogens with two attached hydrogens (primary N) is 1. The topological polar surface area (TPSA) is 69.2 Å². The smallest absolute Gasteiger partial charge is 0.269 e. The molecule has 0 atom stereocenters. The van der Waals surface area contributed by atoms with Crippen LogP contribution in [-0.4, -0.2) is 4.92 Å². The predicted octanol–water partition coefficient (Wildman–Crippen LogP) is 3.92. The Balaban J connectivity index is 2.02. The highest BCUT2D eigenvalue weighted by Crippen LogP contribution is 2.26. The molecule has 0 bridgehead atoms. The zero-order valence-electron chi connectivity index (χ0n) is 11.2. The maximum Gasteiger partial charge on any atom is 0.269 e. The molecule has 0 aliphatic heterocycles. The first kappa shape index (κ1) is 14.4. The number of thioether (sulfide) groups is 1. The molecule has 0 heterocycles. The van der Waals surface area contributed by atoms with Crippen LogP contribution in [0.4, 0.5) is 11.4 Å². The number of hydrogen-bond acceptors (Lipinski definition) is 4. The molecule has 0 unspecified atom stereocenters. The normalized spacial score (nSPS) is 10.4. The van der Waals surface area contributed by atoms with Crippen LogP contribution in [0.2, 0.25) is 0 Å². The molecule has 0 saturated heterocycles. The highest BCUT2D eigenvalue weighted by Gasteiger charge is 2.09. The molecule has 2 N–H and O–H groups in total. The van der Waals surface area contributed by atoms with Gasteiger partial charge in [-0.25, -0.2) is 0 Å². The zero-order valence-corrected chi connectivity index (χ0v) is 12.0. The summed E-state index contributed by atoms with van der Waals surface area (Å²) in [6.45, 7) is 2.08. The molecule has 0 fully saturated rings. The number of aryl methyl sites for hydroxylation is 1. The van der Waals surface area contributed by atoms with Gasteiger partial charge in [0.05, 0.1) is 4.92 Å². The fraction of sp³-hybridized carbons (Fsp3) is 0.200. The Morgan fingerprint density at radius 1 is 1.15 bits per heavy atom. The Morgan fingerprint density at radius 3 is 2.55 bits per heavy atom. The van der Waals surface area contributed by atoms with Crippen LogP contribution in [0, 0.1) is 17.0 Å². The van der Waals surface area contributed by atoms with E-state index in [2.05, 4.69) is 19.1 Å². The van der Waals surface area contributed by atoms with Crippen LogP contribution in [0.5, 0.6) is 0 Å². The highest BCUT2D eigenvalue weighted by atomic mass is 32.2. The van der Waals surface area contributed by atoms with Crippen LogP contribution in [-0.2, 0) is 11.5 Å². The molecule has 0 aliphatic rings. The number of benzene rings is 2. The third kappa shape index (κ3) is 3.51. The number of nitrogen functional groups attached to an aromatic ring is 1. The van der Waals surface area contributed by atoms with Crippen molar-refractivity contribution in [3.63, 3.8) is 0 Å². The summed E-state index contributed by atoms with van der Waals surface area (Å²) in [4.78, 5) is 10.4. The zero-order chi connectivity index (χ0) is 14.5. The third-order valence-electron chi connectivity index (χ3n) is 3.11. The Morgan fingerprint density at radius 2 is 1.85 bits per heavy atom. The molecule has 0 saturated carbocycles. The van der Waals surface area contributed by atoms with Gasteiger partial charge in [-0.15, -0.1) is 0 Å². The number of nitro benzene ring substituents is 1. The predicted molar refractivity (Wildman–Crippen MR) is 83.7 cm³/mol. The van der Waals surface area contributed by atoms with Crippen molar-refractivity contribution in [2.24, 2.45) is 0 Å². The molecule has 0 radical (unpaired) electrons. The summed E-state index contributed by atoms with van der Waals surface area (Å²) >= 11 is 1.71. The molecule has 2 rings (SSSR count). The maximum absolute atomic E-state index is 10.8. The Hall–Kier alpha value is -2.01. The van der Waals surface area contributed by atoms with Crippen LogP contribution in [0.3, 0.4) is 0 Å². The number of anilines is 1. The first-order valence-corrected chi connectivity index (χ1v) is 7.38. The van der Waals surface area contributed by atoms with E-state index in [9.17, 15) is 10.1 Å². The van der Waals surface area contributed by atoms with Gasteiger partial charge in [-0.3, -0.25) is 10.1 Å². The third-order valence-corrected chi connectivity index (χ3v) is 4.14. The number of nitrogens with zero attached hydrogens (tertiary/aromatic N) is 1. The van der Waals surface area contributed by atoms with Crippen LogP contribution in [0.15, 0.2) is 42.5 Å². The van der Waals surface area contributed by atoms with E-state index in [-0.39, 0.29) is 5.69 Å². The van der Waals surface area contributed by atoms with Gasteiger partial charge in [-0.05, 0) is 29.7 Å². The molecule has 104 valence electrons. The van der Waals surface area contributed by atoms with E-state index in [0.717, 1.165) is 11.3 Å². The second-order valence-corrected chi connectivity index (χ2v) is 5.55. The molecular formula is C15H16N2O2S. The van der Waals surface area contributed by atoms with Gasteiger partial charge in [0.25, 0.3) is 5.69 Å². The number of hydrogen-bond donors (Lipinski definition) is 1. The van der Waals surface area contributed by atoms with Crippen molar-refractivity contribution in [3.05, 3.63) is 69.3 Å². The van der Waals surface area contributed by atoms with Gasteiger partial charge >= 0.3 is 0 Å². The Bertz CT molecular complexity index is 629. The highest BCUT2D eigenvalue weighted by molar-refractivity contribution is 7.97. The fourth-order valence-electron chi connectivity index (χ4n) is 1.87. The molecule has 0 spiro atoms. The molecule has 4 nitrogen and oxygen atoms in total. The molecule has 0 aliphatic carbocycles. The van der Waals surface area contributed by atoms with Crippen molar-refractivity contribution in [1.29, 1.82) is 0 Å². The summed E-state index contributed by atoms with van der Waals surface area (Å²) in [7, 11) is 0. The summed E-state index contributed by atoms with van der Waals surface area (Å²) in [5, 5.41) is 10.8. The van der Waals surface area contributed by atoms with Crippen molar-refractivity contribution in [3.8, 4) is 0 Å². The lowest BCUT2D eigenvalue weighted by Crippen LogP contribution is -1.96. The van der Waals surface area contributed by atoms with Crippen molar-refractivity contribution in [2.45, 2.75) is 18.4 Å². The second-order valence-electron chi connectivity index (χ2n) is 4.56. The lowest BCUT2D eigenvalue weighted by atomic mass is 10.1. The minimum Gasteiger partial charge on any atom is -0.398 e. The van der Waals surface area contributed by atoms with Gasteiger partial charge in [0, 0.05) is 29.3 Å². The first-order chi connectivity index (χ1) is 9.58. The van der Waals surface area contributed by atoms with E-state index in [1.807, 2.05) is 12.1 Å². The Kier molecular flexibility index (Phi) is 4.63. The Labute approximate surface area is 122 Å². The minimum atomic E-state index is -0.394. The molecule has 2 aromatic rings. The van der Waals surface area contributed by atoms with Crippen molar-refractivity contribution < 1.29 is 4.92 Å². The molecule has 0 amide bonds. The lowest BCUT2D eigenvalue weighted by Gasteiger charge is -2.07. The summed E-state index contributed by atoms with van der Waals surface area (Å²) in [5.74, 6) is 1.54. The largest absolute Gasteiger partial charge is 0.398 e. The SMILES string of the molecule is Cc1ccccc1CSCc1cc([N+](=O)[O-])ccc1N. The van der Waals surface area contributed by atoms with E-state index in [1.54, 1.807) is 23.9 Å². The first-order valence-electron chi connectivity index (χ1n) is 6.23. The monoisotopic (exact) mass is 288 g/mol. The number of rotatable bonds is 5. The molecule has 5 heteroatoms. The van der Waals surface area contributed by atoms with Crippen LogP contribution >= 0.6 is 11.8 Å². The second kappa shape index (κ2) is 6.43. The van der Waals surface area contributed by atoms with E-state index in [4.69, 9.17) is 5.73 Å². The van der Waals surface area contributed by atoms with Crippen LogP contribution in [0.1, 0.15) is 16.7 Å². The van der Waals surface area contributed by atoms with Crippen molar-refractivity contribution >= 4 is 23.1 Å². The van der Waals surface area contributed by atoms with Gasteiger partial charge < -0.3 is 5.73 Å². The maximum atomic E-state index is 10.8. The minimum absolute atomic E-state index is 0.0886. The summed E-state index contributed by atoms with van der Waals surface area (Å²) in [6, 6.07) is 12.8. The number of nitro groups is 1. The van der Waals surface area contributed by atoms with E-state index in [0.29, 0.717) is 11.4 Å². The van der Waals surface area contributed by atoms with Gasteiger partial charge in [-0.2, -0.15) is 11.8 Å². The van der Waals surface area contributed by atoms with Gasteiger partial charge in [0.2, 0.25) is 0 Å². The van der Waals surface area contributed by atoms with Gasteiger partial charge in [-0.1, -0.05) is 24.3 Å². The van der Waals surface area contributed by atoms with Gasteiger partial charge in [0.15, 0.2) is 0 Å². The van der Waals surface area contributed by atoms with Crippen molar-refractivity contribution in [1.82, 2.24) is 0 Å². The quantitative estimate of drug-likeness (QED) is 0.514. The summed E-state index contributed by atoms with van der Waals surface area (Å²) < 4.78 is 0. The molecule has 0 aromatic heterocycles.